The Morgan fingerprint density at radius 3 is 2.10 bits per heavy atom. The highest BCUT2D eigenvalue weighted by atomic mass is 16.6. The van der Waals surface area contributed by atoms with Gasteiger partial charge >= 0.3 is 11.8 Å². The minimum atomic E-state index is -0.498. The third-order valence-electron chi connectivity index (χ3n) is 9.82. The number of pyridine rings is 1. The summed E-state index contributed by atoms with van der Waals surface area (Å²) in [6.45, 7) is 9.62. The van der Waals surface area contributed by atoms with Crippen LogP contribution in [-0.4, -0.2) is 56.9 Å². The lowest BCUT2D eigenvalue weighted by molar-refractivity contribution is 0.0266. The summed E-state index contributed by atoms with van der Waals surface area (Å²) in [4.78, 5) is 35.6. The maximum Gasteiger partial charge on any atom is 0.410 e. The number of ether oxygens (including phenoxy) is 3. The highest BCUT2D eigenvalue weighted by Crippen LogP contribution is 2.42. The molecule has 2 fully saturated rings. The molecule has 1 spiro atoms. The minimum Gasteiger partial charge on any atom is -0.473 e. The largest absolute Gasteiger partial charge is 0.473 e. The fraction of sp³-hybridized carbons (Fsp3) is 0.375. The molecular formula is C40H45N5O5. The van der Waals surface area contributed by atoms with Crippen molar-refractivity contribution in [1.82, 2.24) is 19.0 Å². The molecule has 10 heteroatoms. The van der Waals surface area contributed by atoms with E-state index in [-0.39, 0.29) is 17.2 Å². The molecule has 2 saturated heterocycles. The van der Waals surface area contributed by atoms with Crippen molar-refractivity contribution < 1.29 is 19.0 Å². The molecule has 7 rings (SSSR count). The van der Waals surface area contributed by atoms with Crippen LogP contribution in [0, 0.1) is 5.41 Å². The molecule has 2 aliphatic rings. The van der Waals surface area contributed by atoms with E-state index in [0.29, 0.717) is 30.7 Å². The minimum absolute atomic E-state index is 0.119. The molecule has 2 aromatic heterocycles. The van der Waals surface area contributed by atoms with Crippen LogP contribution >= 0.6 is 0 Å². The first-order valence-corrected chi connectivity index (χ1v) is 17.4. The van der Waals surface area contributed by atoms with Crippen molar-refractivity contribution in [2.75, 3.05) is 31.1 Å². The molecule has 0 atom stereocenters. The number of hydrogen-bond donors (Lipinski definition) is 0. The van der Waals surface area contributed by atoms with Gasteiger partial charge in [-0.25, -0.2) is 9.59 Å². The highest BCUT2D eigenvalue weighted by Gasteiger charge is 2.43. The number of piperidine rings is 1. The quantitative estimate of drug-likeness (QED) is 0.173. The second kappa shape index (κ2) is 13.6. The Labute approximate surface area is 292 Å². The van der Waals surface area contributed by atoms with Crippen molar-refractivity contribution in [3.8, 4) is 17.4 Å². The third-order valence-corrected chi connectivity index (χ3v) is 9.82. The number of carbonyl (C=O) groups excluding carboxylic acids is 1. The van der Waals surface area contributed by atoms with Gasteiger partial charge in [-0.05, 0) is 80.8 Å². The first-order chi connectivity index (χ1) is 24.1. The van der Waals surface area contributed by atoms with E-state index in [9.17, 15) is 9.59 Å². The zero-order valence-electron chi connectivity index (χ0n) is 29.3. The Morgan fingerprint density at radius 2 is 1.44 bits per heavy atom. The smallest absolute Gasteiger partial charge is 0.410 e. The number of aryl methyl sites for hydroxylation is 1. The van der Waals surface area contributed by atoms with Gasteiger partial charge in [-0.2, -0.15) is 4.98 Å². The normalized spacial score (nSPS) is 15.8. The van der Waals surface area contributed by atoms with Gasteiger partial charge in [-0.1, -0.05) is 60.7 Å². The zero-order valence-corrected chi connectivity index (χ0v) is 29.3. The first-order valence-electron chi connectivity index (χ1n) is 17.4. The van der Waals surface area contributed by atoms with Gasteiger partial charge in [0, 0.05) is 45.0 Å². The Kier molecular flexibility index (Phi) is 9.03. The number of imidazole rings is 1. The van der Waals surface area contributed by atoms with Crippen LogP contribution < -0.4 is 20.1 Å². The fourth-order valence-corrected chi connectivity index (χ4v) is 7.05. The molecule has 1 amide bonds. The summed E-state index contributed by atoms with van der Waals surface area (Å²) in [5.74, 6) is 0.729. The predicted octanol–water partition coefficient (Wildman–Crippen LogP) is 7.11. The lowest BCUT2D eigenvalue weighted by atomic mass is 9.77. The van der Waals surface area contributed by atoms with Crippen LogP contribution in [0.3, 0.4) is 0 Å². The third kappa shape index (κ3) is 7.06. The van der Waals surface area contributed by atoms with Crippen LogP contribution in [0.1, 0.15) is 51.2 Å². The molecule has 0 bridgehead atoms. The average molecular weight is 676 g/mol. The number of nitrogens with zero attached hydrogens (tertiary/aromatic N) is 5. The van der Waals surface area contributed by atoms with E-state index in [1.807, 2.05) is 98.5 Å². The monoisotopic (exact) mass is 675 g/mol. The van der Waals surface area contributed by atoms with Crippen molar-refractivity contribution in [2.24, 2.45) is 12.5 Å². The van der Waals surface area contributed by atoms with Crippen molar-refractivity contribution >= 4 is 22.8 Å². The molecule has 0 radical (unpaired) electrons. The predicted molar refractivity (Wildman–Crippen MR) is 194 cm³/mol. The average Bonchev–Trinajstić information content (AvgIpc) is 3.64. The Morgan fingerprint density at radius 1 is 0.800 bits per heavy atom. The first kappa shape index (κ1) is 33.3. The molecule has 0 N–H and O–H groups in total. The lowest BCUT2D eigenvalue weighted by Crippen LogP contribution is -2.43. The molecule has 50 heavy (non-hydrogen) atoms. The molecule has 260 valence electrons. The number of amides is 1. The summed E-state index contributed by atoms with van der Waals surface area (Å²) in [7, 11) is 1.80. The van der Waals surface area contributed by atoms with Crippen LogP contribution in [0.2, 0.25) is 0 Å². The maximum atomic E-state index is 13.9. The van der Waals surface area contributed by atoms with Crippen molar-refractivity contribution in [3.63, 3.8) is 0 Å². The molecule has 0 aliphatic carbocycles. The van der Waals surface area contributed by atoms with E-state index < -0.39 is 5.60 Å². The molecular weight excluding hydrogens is 630 g/mol. The number of anilines is 1. The molecule has 10 nitrogen and oxygen atoms in total. The standard InChI is InChI=1S/C40H45N5O5/c1-39(2,3)50-38(47)44-24-21-40(28-44)19-22-43(23-20-40)31-15-16-32-34(25-31)42(4)37(46)45(32)33-17-18-35(48-26-29-11-7-5-8-12-29)41-36(33)49-27-30-13-9-6-10-14-30/h5-18,25H,19-24,26-28H2,1-4H3. The second-order valence-electron chi connectivity index (χ2n) is 14.5. The molecule has 4 heterocycles. The number of carbonyl (C=O) groups is 1. The molecule has 2 aliphatic heterocycles. The summed E-state index contributed by atoms with van der Waals surface area (Å²) in [6, 6.07) is 29.6. The van der Waals surface area contributed by atoms with Gasteiger partial charge in [0.05, 0.1) is 11.0 Å². The van der Waals surface area contributed by atoms with E-state index in [0.717, 1.165) is 73.3 Å². The summed E-state index contributed by atoms with van der Waals surface area (Å²) in [5.41, 5.74) is 4.66. The SMILES string of the molecule is Cn1c(=O)n(-c2ccc(OCc3ccccc3)nc2OCc2ccccc2)c2ccc(N3CCC4(CCN(C(=O)OC(C)(C)C)C4)CC3)cc21. The van der Waals surface area contributed by atoms with E-state index >= 15 is 0 Å². The van der Waals surface area contributed by atoms with Gasteiger partial charge in [0.25, 0.3) is 0 Å². The summed E-state index contributed by atoms with van der Waals surface area (Å²) < 4.78 is 21.3. The Hall–Kier alpha value is -5.25. The van der Waals surface area contributed by atoms with Crippen molar-refractivity contribution in [2.45, 2.75) is 58.8 Å². The molecule has 3 aromatic carbocycles. The number of likely N-dealkylation sites (tertiary alicyclic amines) is 1. The fourth-order valence-electron chi connectivity index (χ4n) is 7.05. The number of rotatable bonds is 8. The lowest BCUT2D eigenvalue weighted by Gasteiger charge is -2.40. The summed E-state index contributed by atoms with van der Waals surface area (Å²) >= 11 is 0. The maximum absolute atomic E-state index is 13.9. The van der Waals surface area contributed by atoms with Gasteiger partial charge < -0.3 is 24.0 Å². The van der Waals surface area contributed by atoms with Crippen molar-refractivity contribution in [1.29, 1.82) is 0 Å². The number of aromatic nitrogens is 3. The van der Waals surface area contributed by atoms with Crippen molar-refractivity contribution in [3.05, 3.63) is 113 Å². The van der Waals surface area contributed by atoms with E-state index in [1.54, 1.807) is 22.2 Å². The van der Waals surface area contributed by atoms with Gasteiger partial charge in [-0.3, -0.25) is 9.13 Å². The number of fused-ring (bicyclic) bond motifs is 1. The molecule has 5 aromatic rings. The van der Waals surface area contributed by atoms with Gasteiger partial charge in [-0.15, -0.1) is 0 Å². The van der Waals surface area contributed by atoms with E-state index in [1.165, 1.54) is 0 Å². The Balaban J connectivity index is 1.12. The van der Waals surface area contributed by atoms with E-state index in [4.69, 9.17) is 19.2 Å². The van der Waals surface area contributed by atoms with Gasteiger partial charge in [0.2, 0.25) is 11.8 Å². The van der Waals surface area contributed by atoms with Crippen LogP contribution in [0.25, 0.3) is 16.7 Å². The highest BCUT2D eigenvalue weighted by molar-refractivity contribution is 5.82. The van der Waals surface area contributed by atoms with Gasteiger partial charge in [0.1, 0.15) is 24.5 Å². The summed E-state index contributed by atoms with van der Waals surface area (Å²) in [5, 5.41) is 0. The summed E-state index contributed by atoms with van der Waals surface area (Å²) in [6.07, 6.45) is 2.77. The molecule has 0 saturated carbocycles. The number of benzene rings is 3. The number of hydrogen-bond acceptors (Lipinski definition) is 7. The van der Waals surface area contributed by atoms with Crippen LogP contribution in [0.5, 0.6) is 11.8 Å². The topological polar surface area (TPSA) is 91.1 Å². The molecule has 0 unspecified atom stereocenters. The van der Waals surface area contributed by atoms with E-state index in [2.05, 4.69) is 17.0 Å². The van der Waals surface area contributed by atoms with Gasteiger partial charge in [0.15, 0.2) is 0 Å². The Bertz CT molecular complexity index is 2020. The van der Waals surface area contributed by atoms with Crippen LogP contribution in [0.4, 0.5) is 10.5 Å². The van der Waals surface area contributed by atoms with Crippen LogP contribution in [0.15, 0.2) is 95.8 Å². The zero-order chi connectivity index (χ0) is 34.9. The second-order valence-corrected chi connectivity index (χ2v) is 14.5. The van der Waals surface area contributed by atoms with Crippen LogP contribution in [-0.2, 0) is 25.0 Å².